The van der Waals surface area contributed by atoms with E-state index < -0.39 is 10.8 Å². The molecule has 1 atom stereocenters. The van der Waals surface area contributed by atoms with Crippen LogP contribution < -0.4 is 0 Å². The smallest absolute Gasteiger partial charge is 0.223 e. The summed E-state index contributed by atoms with van der Waals surface area (Å²) in [4.78, 5) is 27.3. The third-order valence-corrected chi connectivity index (χ3v) is 6.70. The van der Waals surface area contributed by atoms with Gasteiger partial charge in [-0.2, -0.15) is 0 Å². The predicted octanol–water partition coefficient (Wildman–Crippen LogP) is 2.92. The lowest BCUT2D eigenvalue weighted by molar-refractivity contribution is -0.138. The Balaban J connectivity index is 1.33. The van der Waals surface area contributed by atoms with Gasteiger partial charge < -0.3 is 14.2 Å². The number of rotatable bonds is 5. The van der Waals surface area contributed by atoms with Crippen LogP contribution in [0.3, 0.4) is 0 Å². The molecule has 0 bridgehead atoms. The van der Waals surface area contributed by atoms with Crippen LogP contribution in [-0.2, 0) is 26.1 Å². The van der Waals surface area contributed by atoms with Gasteiger partial charge in [0.05, 0.1) is 0 Å². The number of benzene rings is 2. The first-order chi connectivity index (χ1) is 14.0. The van der Waals surface area contributed by atoms with E-state index in [0.717, 1.165) is 27.5 Å². The zero-order chi connectivity index (χ0) is 20.4. The van der Waals surface area contributed by atoms with Crippen molar-refractivity contribution in [3.05, 3.63) is 48.0 Å². The Morgan fingerprint density at radius 1 is 0.966 bits per heavy atom. The Morgan fingerprint density at radius 3 is 2.41 bits per heavy atom. The number of carbonyl (C=O) groups is 2. The van der Waals surface area contributed by atoms with Crippen LogP contribution >= 0.6 is 0 Å². The molecule has 1 aliphatic heterocycles. The fraction of sp³-hybridized carbons (Fsp3) is 0.364. The maximum absolute atomic E-state index is 12.5. The molecule has 7 heteroatoms. The number of furan rings is 1. The molecule has 0 saturated carbocycles. The highest BCUT2D eigenvalue weighted by atomic mass is 32.2. The van der Waals surface area contributed by atoms with Crippen molar-refractivity contribution >= 4 is 44.6 Å². The van der Waals surface area contributed by atoms with Gasteiger partial charge in [-0.3, -0.25) is 13.8 Å². The molecule has 1 aliphatic rings. The van der Waals surface area contributed by atoms with E-state index in [1.165, 1.54) is 0 Å². The van der Waals surface area contributed by atoms with Gasteiger partial charge in [0.25, 0.3) is 0 Å². The van der Waals surface area contributed by atoms with Crippen molar-refractivity contribution in [2.75, 3.05) is 31.9 Å². The SMILES string of the molecule is CC(=O)N1CCN(C(=O)CCS(=O)Cc2ccc3oc4ccccc4c3c2)CC1. The van der Waals surface area contributed by atoms with Crippen molar-refractivity contribution in [1.29, 1.82) is 0 Å². The lowest BCUT2D eigenvalue weighted by Gasteiger charge is -2.34. The van der Waals surface area contributed by atoms with Crippen molar-refractivity contribution in [3.8, 4) is 0 Å². The zero-order valence-electron chi connectivity index (χ0n) is 16.4. The van der Waals surface area contributed by atoms with E-state index in [0.29, 0.717) is 37.7 Å². The highest BCUT2D eigenvalue weighted by Gasteiger charge is 2.22. The number of fused-ring (bicyclic) bond motifs is 3. The Hall–Kier alpha value is -2.67. The molecule has 1 fully saturated rings. The van der Waals surface area contributed by atoms with Crippen LogP contribution in [0.2, 0.25) is 0 Å². The van der Waals surface area contributed by atoms with E-state index in [9.17, 15) is 13.8 Å². The van der Waals surface area contributed by atoms with Gasteiger partial charge in [0, 0.05) is 72.6 Å². The summed E-state index contributed by atoms with van der Waals surface area (Å²) in [6, 6.07) is 13.8. The second kappa shape index (κ2) is 8.37. The molecule has 3 aromatic rings. The maximum atomic E-state index is 12.5. The highest BCUT2D eigenvalue weighted by Crippen LogP contribution is 2.29. The number of nitrogens with zero attached hydrogens (tertiary/aromatic N) is 2. The summed E-state index contributed by atoms with van der Waals surface area (Å²) in [6.45, 7) is 3.79. The molecule has 0 aliphatic carbocycles. The summed E-state index contributed by atoms with van der Waals surface area (Å²) >= 11 is 0. The van der Waals surface area contributed by atoms with Crippen molar-refractivity contribution in [1.82, 2.24) is 9.80 Å². The molecule has 1 aromatic heterocycles. The molecule has 4 rings (SSSR count). The average Bonchev–Trinajstić information content (AvgIpc) is 3.10. The van der Waals surface area contributed by atoms with E-state index in [4.69, 9.17) is 4.42 Å². The van der Waals surface area contributed by atoms with Crippen LogP contribution in [0.1, 0.15) is 18.9 Å². The van der Waals surface area contributed by atoms with Crippen LogP contribution in [-0.4, -0.2) is 57.8 Å². The quantitative estimate of drug-likeness (QED) is 0.646. The first-order valence-corrected chi connectivity index (χ1v) is 11.3. The molecule has 29 heavy (non-hydrogen) atoms. The average molecular weight is 413 g/mol. The third kappa shape index (κ3) is 4.34. The minimum absolute atomic E-state index is 0.0119. The van der Waals surface area contributed by atoms with Crippen LogP contribution in [0.25, 0.3) is 21.9 Å². The van der Waals surface area contributed by atoms with E-state index in [1.807, 2.05) is 42.5 Å². The Morgan fingerprint density at radius 2 is 1.66 bits per heavy atom. The fourth-order valence-corrected chi connectivity index (χ4v) is 4.85. The van der Waals surface area contributed by atoms with Crippen LogP contribution in [0.5, 0.6) is 0 Å². The number of amides is 2. The number of hydrogen-bond donors (Lipinski definition) is 0. The molecule has 0 spiro atoms. The summed E-state index contributed by atoms with van der Waals surface area (Å²) in [6.07, 6.45) is 0.267. The van der Waals surface area contributed by atoms with Gasteiger partial charge in [0.1, 0.15) is 11.2 Å². The molecule has 2 aromatic carbocycles. The van der Waals surface area contributed by atoms with Crippen molar-refractivity contribution in [3.63, 3.8) is 0 Å². The van der Waals surface area contributed by atoms with Gasteiger partial charge in [-0.15, -0.1) is 0 Å². The van der Waals surface area contributed by atoms with Crippen LogP contribution in [0, 0.1) is 0 Å². The van der Waals surface area contributed by atoms with Gasteiger partial charge in [0.15, 0.2) is 0 Å². The molecule has 0 radical (unpaired) electrons. The minimum atomic E-state index is -1.12. The van der Waals surface area contributed by atoms with E-state index in [2.05, 4.69) is 0 Å². The molecule has 6 nitrogen and oxygen atoms in total. The van der Waals surface area contributed by atoms with Crippen LogP contribution in [0.4, 0.5) is 0 Å². The van der Waals surface area contributed by atoms with Gasteiger partial charge in [-0.1, -0.05) is 24.3 Å². The molecular formula is C22H24N2O4S. The first-order valence-electron chi connectivity index (χ1n) is 9.80. The lowest BCUT2D eigenvalue weighted by atomic mass is 10.1. The number of hydrogen-bond acceptors (Lipinski definition) is 4. The molecular weight excluding hydrogens is 388 g/mol. The Bertz CT molecular complexity index is 1080. The topological polar surface area (TPSA) is 70.8 Å². The molecule has 1 unspecified atom stereocenters. The molecule has 2 heterocycles. The monoisotopic (exact) mass is 412 g/mol. The predicted molar refractivity (Wildman–Crippen MR) is 114 cm³/mol. The second-order valence-electron chi connectivity index (χ2n) is 7.35. The van der Waals surface area contributed by atoms with Gasteiger partial charge in [-0.05, 0) is 23.8 Å². The zero-order valence-corrected chi connectivity index (χ0v) is 17.2. The summed E-state index contributed by atoms with van der Waals surface area (Å²) in [5.41, 5.74) is 2.64. The summed E-state index contributed by atoms with van der Waals surface area (Å²) in [7, 11) is -1.12. The molecule has 0 N–H and O–H groups in total. The number of carbonyl (C=O) groups excluding carboxylic acids is 2. The van der Waals surface area contributed by atoms with Crippen LogP contribution in [0.15, 0.2) is 46.9 Å². The Labute approximate surface area is 171 Å². The molecule has 1 saturated heterocycles. The van der Waals surface area contributed by atoms with E-state index >= 15 is 0 Å². The van der Waals surface area contributed by atoms with E-state index in [1.54, 1.807) is 16.7 Å². The first kappa shape index (κ1) is 19.6. The van der Waals surface area contributed by atoms with Crippen molar-refractivity contribution in [2.24, 2.45) is 0 Å². The summed E-state index contributed by atoms with van der Waals surface area (Å²) in [5, 5.41) is 2.07. The van der Waals surface area contributed by atoms with Gasteiger partial charge in [0.2, 0.25) is 11.8 Å². The summed E-state index contributed by atoms with van der Waals surface area (Å²) in [5.74, 6) is 0.815. The standard InChI is InChI=1S/C22H24N2O4S/c1-16(25)23-9-11-24(12-10-23)22(26)8-13-29(27)15-17-6-7-21-19(14-17)18-4-2-3-5-20(18)28-21/h2-7,14H,8-13,15H2,1H3. The lowest BCUT2D eigenvalue weighted by Crippen LogP contribution is -2.50. The highest BCUT2D eigenvalue weighted by molar-refractivity contribution is 7.84. The molecule has 152 valence electrons. The summed E-state index contributed by atoms with van der Waals surface area (Å²) < 4.78 is 18.4. The van der Waals surface area contributed by atoms with Gasteiger partial charge in [-0.25, -0.2) is 0 Å². The number of piperazine rings is 1. The van der Waals surface area contributed by atoms with Crippen molar-refractivity contribution < 1.29 is 18.2 Å². The van der Waals surface area contributed by atoms with Crippen molar-refractivity contribution in [2.45, 2.75) is 19.1 Å². The largest absolute Gasteiger partial charge is 0.456 e. The normalized spacial score (nSPS) is 15.8. The maximum Gasteiger partial charge on any atom is 0.223 e. The third-order valence-electron chi connectivity index (χ3n) is 5.39. The van der Waals surface area contributed by atoms with Gasteiger partial charge >= 0.3 is 0 Å². The fourth-order valence-electron chi connectivity index (χ4n) is 3.75. The minimum Gasteiger partial charge on any atom is -0.456 e. The second-order valence-corrected chi connectivity index (χ2v) is 8.93. The molecule has 2 amide bonds. The van der Waals surface area contributed by atoms with E-state index in [-0.39, 0.29) is 18.2 Å². The Kier molecular flexibility index (Phi) is 5.67. The number of para-hydroxylation sites is 1.